The second kappa shape index (κ2) is 9.08. The summed E-state index contributed by atoms with van der Waals surface area (Å²) in [5.74, 6) is 0.925. The molecule has 0 aliphatic carbocycles. The van der Waals surface area contributed by atoms with Crippen LogP contribution in [0.2, 0.25) is 5.02 Å². The third-order valence-corrected chi connectivity index (χ3v) is 6.07. The lowest BCUT2D eigenvalue weighted by atomic mass is 10.2. The third kappa shape index (κ3) is 4.57. The molecule has 1 aliphatic rings. The monoisotopic (exact) mass is 439 g/mol. The van der Waals surface area contributed by atoms with E-state index in [4.69, 9.17) is 16.6 Å². The molecule has 1 aromatic heterocycles. The summed E-state index contributed by atoms with van der Waals surface area (Å²) < 4.78 is 2.08. The lowest BCUT2D eigenvalue weighted by molar-refractivity contribution is -0.132. The summed E-state index contributed by atoms with van der Waals surface area (Å²) in [6.07, 6.45) is 0.556. The number of nitrogens with one attached hydrogen (secondary N) is 1. The summed E-state index contributed by atoms with van der Waals surface area (Å²) >= 11 is 6.13. The van der Waals surface area contributed by atoms with Gasteiger partial charge >= 0.3 is 0 Å². The minimum absolute atomic E-state index is 0.216. The van der Waals surface area contributed by atoms with Crippen LogP contribution in [0, 0.1) is 0 Å². The molecule has 162 valence electrons. The molecule has 1 N–H and O–H groups in total. The second-order valence-corrected chi connectivity index (χ2v) is 8.14. The molecule has 0 bridgehead atoms. The maximum Gasteiger partial charge on any atom is 0.257 e. The Morgan fingerprint density at radius 3 is 2.55 bits per heavy atom. The van der Waals surface area contributed by atoms with E-state index in [1.165, 1.54) is 0 Å². The fraction of sp³-hybridized carbons (Fsp3) is 0.348. The number of amides is 2. The van der Waals surface area contributed by atoms with Crippen LogP contribution in [0.4, 0.5) is 5.69 Å². The number of imidazole rings is 1. The van der Waals surface area contributed by atoms with E-state index in [-0.39, 0.29) is 11.8 Å². The molecule has 0 saturated carbocycles. The van der Waals surface area contributed by atoms with Crippen molar-refractivity contribution in [2.24, 2.45) is 7.05 Å². The molecule has 4 rings (SSSR count). The SMILES string of the molecule is CCC(=O)N1CCN(Cc2nc3cc(NC(=O)c4ccccc4Cl)ccc3n2C)CC1. The highest BCUT2D eigenvalue weighted by atomic mass is 35.5. The van der Waals surface area contributed by atoms with Crippen molar-refractivity contribution in [3.8, 4) is 0 Å². The largest absolute Gasteiger partial charge is 0.340 e. The summed E-state index contributed by atoms with van der Waals surface area (Å²) in [6, 6.07) is 12.7. The Morgan fingerprint density at radius 1 is 1.10 bits per heavy atom. The smallest absolute Gasteiger partial charge is 0.257 e. The molecule has 8 heteroatoms. The molecule has 1 aliphatic heterocycles. The van der Waals surface area contributed by atoms with Crippen LogP contribution in [-0.4, -0.2) is 57.3 Å². The van der Waals surface area contributed by atoms with Gasteiger partial charge in [-0.25, -0.2) is 4.98 Å². The standard InChI is InChI=1S/C23H26ClN5O2/c1-3-22(30)29-12-10-28(11-13-29)15-21-26-19-14-16(8-9-20(19)27(21)2)25-23(31)17-6-4-5-7-18(17)24/h4-9,14H,3,10-13,15H2,1-2H3,(H,25,31). The van der Waals surface area contributed by atoms with Crippen molar-refractivity contribution < 1.29 is 9.59 Å². The number of benzene rings is 2. The molecule has 0 unspecified atom stereocenters. The number of aromatic nitrogens is 2. The summed E-state index contributed by atoms with van der Waals surface area (Å²) in [6.45, 7) is 5.83. The molecule has 0 atom stereocenters. The van der Waals surface area contributed by atoms with Crippen molar-refractivity contribution in [1.82, 2.24) is 19.4 Å². The normalized spacial score (nSPS) is 14.7. The molecule has 2 aromatic carbocycles. The highest BCUT2D eigenvalue weighted by Crippen LogP contribution is 2.22. The molecular formula is C23H26ClN5O2. The van der Waals surface area contributed by atoms with E-state index in [1.807, 2.05) is 37.1 Å². The minimum Gasteiger partial charge on any atom is -0.340 e. The number of anilines is 1. The van der Waals surface area contributed by atoms with E-state index in [0.29, 0.717) is 22.7 Å². The zero-order valence-corrected chi connectivity index (χ0v) is 18.5. The number of halogens is 1. The van der Waals surface area contributed by atoms with Crippen LogP contribution < -0.4 is 5.32 Å². The van der Waals surface area contributed by atoms with Gasteiger partial charge in [-0.2, -0.15) is 0 Å². The lowest BCUT2D eigenvalue weighted by Gasteiger charge is -2.34. The Hall–Kier alpha value is -2.90. The predicted octanol–water partition coefficient (Wildman–Crippen LogP) is 3.53. The summed E-state index contributed by atoms with van der Waals surface area (Å²) in [5, 5.41) is 3.32. The van der Waals surface area contributed by atoms with Crippen molar-refractivity contribution in [3.05, 3.63) is 58.9 Å². The van der Waals surface area contributed by atoms with E-state index in [0.717, 1.165) is 49.6 Å². The fourth-order valence-electron chi connectivity index (χ4n) is 3.89. The first-order valence-corrected chi connectivity index (χ1v) is 10.9. The quantitative estimate of drug-likeness (QED) is 0.660. The summed E-state index contributed by atoms with van der Waals surface area (Å²) in [5.41, 5.74) is 2.94. The van der Waals surface area contributed by atoms with E-state index in [2.05, 4.69) is 14.8 Å². The number of carbonyl (C=O) groups excluding carboxylic acids is 2. The first kappa shape index (κ1) is 21.3. The molecule has 7 nitrogen and oxygen atoms in total. The highest BCUT2D eigenvalue weighted by molar-refractivity contribution is 6.34. The van der Waals surface area contributed by atoms with Gasteiger partial charge < -0.3 is 14.8 Å². The van der Waals surface area contributed by atoms with Gasteiger partial charge in [-0.15, -0.1) is 0 Å². The maximum absolute atomic E-state index is 12.5. The molecule has 0 spiro atoms. The number of carbonyl (C=O) groups is 2. The molecule has 3 aromatic rings. The van der Waals surface area contributed by atoms with Crippen LogP contribution in [0.3, 0.4) is 0 Å². The Kier molecular flexibility index (Phi) is 6.25. The van der Waals surface area contributed by atoms with Crippen molar-refractivity contribution in [3.63, 3.8) is 0 Å². The van der Waals surface area contributed by atoms with E-state index < -0.39 is 0 Å². The maximum atomic E-state index is 12.5. The van der Waals surface area contributed by atoms with Gasteiger partial charge in [0.05, 0.1) is 28.2 Å². The van der Waals surface area contributed by atoms with Crippen LogP contribution in [0.5, 0.6) is 0 Å². The first-order chi connectivity index (χ1) is 15.0. The topological polar surface area (TPSA) is 70.5 Å². The molecular weight excluding hydrogens is 414 g/mol. The van der Waals surface area contributed by atoms with Crippen molar-refractivity contribution in [2.75, 3.05) is 31.5 Å². The summed E-state index contributed by atoms with van der Waals surface area (Å²) in [7, 11) is 2.00. The zero-order chi connectivity index (χ0) is 22.0. The summed E-state index contributed by atoms with van der Waals surface area (Å²) in [4.78, 5) is 33.5. The van der Waals surface area contributed by atoms with Crippen molar-refractivity contribution in [2.45, 2.75) is 19.9 Å². The Balaban J connectivity index is 1.46. The minimum atomic E-state index is -0.249. The van der Waals surface area contributed by atoms with Gasteiger partial charge in [0.1, 0.15) is 5.82 Å². The lowest BCUT2D eigenvalue weighted by Crippen LogP contribution is -2.48. The van der Waals surface area contributed by atoms with Crippen LogP contribution >= 0.6 is 11.6 Å². The van der Waals surface area contributed by atoms with Gasteiger partial charge in [0.25, 0.3) is 5.91 Å². The van der Waals surface area contributed by atoms with Gasteiger partial charge in [0, 0.05) is 45.3 Å². The number of piperazine rings is 1. The van der Waals surface area contributed by atoms with Crippen LogP contribution in [-0.2, 0) is 18.4 Å². The van der Waals surface area contributed by atoms with Crippen LogP contribution in [0.1, 0.15) is 29.5 Å². The highest BCUT2D eigenvalue weighted by Gasteiger charge is 2.21. The number of hydrogen-bond acceptors (Lipinski definition) is 4. The van der Waals surface area contributed by atoms with E-state index in [9.17, 15) is 9.59 Å². The average molecular weight is 440 g/mol. The van der Waals surface area contributed by atoms with Crippen molar-refractivity contribution in [1.29, 1.82) is 0 Å². The van der Waals surface area contributed by atoms with Crippen LogP contribution in [0.15, 0.2) is 42.5 Å². The molecule has 31 heavy (non-hydrogen) atoms. The third-order valence-electron chi connectivity index (χ3n) is 5.74. The van der Waals surface area contributed by atoms with Gasteiger partial charge in [0.2, 0.25) is 5.91 Å². The van der Waals surface area contributed by atoms with E-state index >= 15 is 0 Å². The van der Waals surface area contributed by atoms with E-state index in [1.54, 1.807) is 24.3 Å². The van der Waals surface area contributed by atoms with Crippen molar-refractivity contribution >= 4 is 40.1 Å². The number of fused-ring (bicyclic) bond motifs is 1. The predicted molar refractivity (Wildman–Crippen MR) is 122 cm³/mol. The molecule has 1 fully saturated rings. The molecule has 0 radical (unpaired) electrons. The van der Waals surface area contributed by atoms with Crippen LogP contribution in [0.25, 0.3) is 11.0 Å². The fourth-order valence-corrected chi connectivity index (χ4v) is 4.11. The Bertz CT molecular complexity index is 1120. The second-order valence-electron chi connectivity index (χ2n) is 7.74. The van der Waals surface area contributed by atoms with Gasteiger partial charge in [-0.05, 0) is 30.3 Å². The van der Waals surface area contributed by atoms with Gasteiger partial charge in [0.15, 0.2) is 0 Å². The first-order valence-electron chi connectivity index (χ1n) is 10.5. The number of rotatable bonds is 5. The molecule has 1 saturated heterocycles. The number of nitrogens with zero attached hydrogens (tertiary/aromatic N) is 4. The van der Waals surface area contributed by atoms with Gasteiger partial charge in [-0.3, -0.25) is 14.5 Å². The number of hydrogen-bond donors (Lipinski definition) is 1. The molecule has 2 amide bonds. The number of aryl methyl sites for hydroxylation is 1. The van der Waals surface area contributed by atoms with Gasteiger partial charge in [-0.1, -0.05) is 30.7 Å². The Morgan fingerprint density at radius 2 is 1.84 bits per heavy atom. The average Bonchev–Trinajstić information content (AvgIpc) is 3.08. The molecule has 2 heterocycles. The zero-order valence-electron chi connectivity index (χ0n) is 17.8. The Labute approximate surface area is 186 Å².